The Hall–Kier alpha value is -3.15. The van der Waals surface area contributed by atoms with Crippen LogP contribution in [-0.4, -0.2) is 29.8 Å². The average molecular weight is 408 g/mol. The molecule has 0 aromatic heterocycles. The Labute approximate surface area is 177 Å². The van der Waals surface area contributed by atoms with Crippen molar-refractivity contribution < 1.29 is 14.4 Å². The van der Waals surface area contributed by atoms with E-state index in [4.69, 9.17) is 0 Å². The number of para-hydroxylation sites is 1. The van der Waals surface area contributed by atoms with Crippen molar-refractivity contribution in [1.82, 2.24) is 5.32 Å². The highest BCUT2D eigenvalue weighted by Gasteiger charge is 2.35. The minimum atomic E-state index is -0.470. The van der Waals surface area contributed by atoms with Crippen molar-refractivity contribution in [3.63, 3.8) is 0 Å². The highest BCUT2D eigenvalue weighted by Crippen LogP contribution is 2.27. The minimum absolute atomic E-state index is 0.0711. The van der Waals surface area contributed by atoms with Gasteiger partial charge in [0.1, 0.15) is 0 Å². The quantitative estimate of drug-likeness (QED) is 0.792. The van der Waals surface area contributed by atoms with Crippen LogP contribution in [0.5, 0.6) is 0 Å². The Kier molecular flexibility index (Phi) is 6.25. The van der Waals surface area contributed by atoms with Gasteiger partial charge < -0.3 is 15.5 Å². The molecule has 1 saturated heterocycles. The van der Waals surface area contributed by atoms with E-state index in [9.17, 15) is 14.4 Å². The maximum absolute atomic E-state index is 12.9. The van der Waals surface area contributed by atoms with Crippen LogP contribution in [0.3, 0.4) is 0 Å². The SMILES string of the molecule is CCc1ccc(N2CC(C(=O)Nc3ccccc3C(=O)NC(C)(C)C)CC2=O)cc1. The molecule has 3 rings (SSSR count). The molecule has 1 unspecified atom stereocenters. The normalized spacial score (nSPS) is 16.5. The fraction of sp³-hybridized carbons (Fsp3) is 0.375. The second-order valence-electron chi connectivity index (χ2n) is 8.66. The van der Waals surface area contributed by atoms with E-state index in [-0.39, 0.29) is 29.7 Å². The van der Waals surface area contributed by atoms with Gasteiger partial charge in [0.25, 0.3) is 5.91 Å². The fourth-order valence-corrected chi connectivity index (χ4v) is 3.48. The molecule has 1 atom stereocenters. The van der Waals surface area contributed by atoms with Crippen LogP contribution in [-0.2, 0) is 16.0 Å². The van der Waals surface area contributed by atoms with Crippen LogP contribution in [0.25, 0.3) is 0 Å². The molecule has 6 heteroatoms. The van der Waals surface area contributed by atoms with Crippen LogP contribution in [0.2, 0.25) is 0 Å². The van der Waals surface area contributed by atoms with E-state index in [2.05, 4.69) is 17.6 Å². The summed E-state index contributed by atoms with van der Waals surface area (Å²) in [4.78, 5) is 39.6. The van der Waals surface area contributed by atoms with Gasteiger partial charge in [-0.05, 0) is 57.0 Å². The standard InChI is InChI=1S/C24H29N3O3/c1-5-16-10-12-18(13-11-16)27-15-17(14-21(27)28)22(29)25-20-9-7-6-8-19(20)23(30)26-24(2,3)4/h6-13,17H,5,14-15H2,1-4H3,(H,25,29)(H,26,30). The van der Waals surface area contributed by atoms with Crippen LogP contribution in [0.4, 0.5) is 11.4 Å². The van der Waals surface area contributed by atoms with E-state index in [0.29, 0.717) is 17.8 Å². The molecule has 2 aromatic rings. The molecule has 0 bridgehead atoms. The number of hydrogen-bond acceptors (Lipinski definition) is 3. The van der Waals surface area contributed by atoms with Gasteiger partial charge in [-0.25, -0.2) is 0 Å². The average Bonchev–Trinajstić information content (AvgIpc) is 3.09. The lowest BCUT2D eigenvalue weighted by Gasteiger charge is -2.22. The van der Waals surface area contributed by atoms with Crippen molar-refractivity contribution in [3.8, 4) is 0 Å². The maximum Gasteiger partial charge on any atom is 0.253 e. The number of nitrogens with zero attached hydrogens (tertiary/aromatic N) is 1. The Bertz CT molecular complexity index is 945. The zero-order chi connectivity index (χ0) is 21.9. The van der Waals surface area contributed by atoms with Crippen molar-refractivity contribution >= 4 is 29.1 Å². The number of benzene rings is 2. The first-order valence-corrected chi connectivity index (χ1v) is 10.3. The van der Waals surface area contributed by atoms with E-state index in [1.807, 2.05) is 45.0 Å². The topological polar surface area (TPSA) is 78.5 Å². The summed E-state index contributed by atoms with van der Waals surface area (Å²) in [6.07, 6.45) is 1.08. The summed E-state index contributed by atoms with van der Waals surface area (Å²) in [5.74, 6) is -1.05. The Morgan fingerprint density at radius 2 is 1.73 bits per heavy atom. The van der Waals surface area contributed by atoms with Gasteiger partial charge in [0.2, 0.25) is 11.8 Å². The molecule has 158 valence electrons. The molecule has 0 aliphatic carbocycles. The first kappa shape index (κ1) is 21.6. The lowest BCUT2D eigenvalue weighted by atomic mass is 10.1. The summed E-state index contributed by atoms with van der Waals surface area (Å²) in [5, 5.41) is 5.76. The summed E-state index contributed by atoms with van der Waals surface area (Å²) < 4.78 is 0. The van der Waals surface area contributed by atoms with Crippen LogP contribution in [0, 0.1) is 5.92 Å². The predicted octanol–water partition coefficient (Wildman–Crippen LogP) is 3.77. The van der Waals surface area contributed by atoms with Gasteiger partial charge in [-0.1, -0.05) is 31.2 Å². The molecule has 1 aliphatic rings. The minimum Gasteiger partial charge on any atom is -0.347 e. The van der Waals surface area contributed by atoms with Gasteiger partial charge in [0, 0.05) is 24.2 Å². The Morgan fingerprint density at radius 3 is 2.37 bits per heavy atom. The fourth-order valence-electron chi connectivity index (χ4n) is 3.48. The molecular weight excluding hydrogens is 378 g/mol. The van der Waals surface area contributed by atoms with E-state index in [1.165, 1.54) is 5.56 Å². The number of carbonyl (C=O) groups is 3. The summed E-state index contributed by atoms with van der Waals surface area (Å²) >= 11 is 0. The number of rotatable bonds is 5. The van der Waals surface area contributed by atoms with Crippen molar-refractivity contribution in [1.29, 1.82) is 0 Å². The lowest BCUT2D eigenvalue weighted by Crippen LogP contribution is -2.41. The Morgan fingerprint density at radius 1 is 1.07 bits per heavy atom. The van der Waals surface area contributed by atoms with Crippen molar-refractivity contribution in [2.75, 3.05) is 16.8 Å². The van der Waals surface area contributed by atoms with E-state index >= 15 is 0 Å². The first-order chi connectivity index (χ1) is 14.2. The zero-order valence-electron chi connectivity index (χ0n) is 18.0. The lowest BCUT2D eigenvalue weighted by molar-refractivity contribution is -0.122. The summed E-state index contributed by atoms with van der Waals surface area (Å²) in [6, 6.07) is 14.7. The Balaban J connectivity index is 1.71. The number of amides is 3. The van der Waals surface area contributed by atoms with Crippen LogP contribution in [0.1, 0.15) is 50.0 Å². The van der Waals surface area contributed by atoms with Gasteiger partial charge in [-0.2, -0.15) is 0 Å². The monoisotopic (exact) mass is 407 g/mol. The number of aryl methyl sites for hydroxylation is 1. The summed E-state index contributed by atoms with van der Waals surface area (Å²) in [6.45, 7) is 8.11. The van der Waals surface area contributed by atoms with E-state index in [0.717, 1.165) is 12.1 Å². The summed E-state index contributed by atoms with van der Waals surface area (Å²) in [5.41, 5.74) is 2.46. The third kappa shape index (κ3) is 5.06. The van der Waals surface area contributed by atoms with E-state index in [1.54, 1.807) is 29.2 Å². The highest BCUT2D eigenvalue weighted by molar-refractivity contribution is 6.07. The van der Waals surface area contributed by atoms with Crippen molar-refractivity contribution in [2.24, 2.45) is 5.92 Å². The molecule has 0 saturated carbocycles. The third-order valence-electron chi connectivity index (χ3n) is 5.07. The molecule has 1 fully saturated rings. The maximum atomic E-state index is 12.9. The van der Waals surface area contributed by atoms with Crippen LogP contribution in [0.15, 0.2) is 48.5 Å². The molecule has 2 aromatic carbocycles. The highest BCUT2D eigenvalue weighted by atomic mass is 16.2. The number of carbonyl (C=O) groups excluding carboxylic acids is 3. The van der Waals surface area contributed by atoms with Gasteiger partial charge in [0.15, 0.2) is 0 Å². The van der Waals surface area contributed by atoms with Crippen LogP contribution < -0.4 is 15.5 Å². The molecule has 0 spiro atoms. The van der Waals surface area contributed by atoms with E-state index < -0.39 is 5.92 Å². The molecule has 6 nitrogen and oxygen atoms in total. The molecule has 1 heterocycles. The predicted molar refractivity (Wildman–Crippen MR) is 119 cm³/mol. The largest absolute Gasteiger partial charge is 0.347 e. The van der Waals surface area contributed by atoms with Crippen LogP contribution >= 0.6 is 0 Å². The third-order valence-corrected chi connectivity index (χ3v) is 5.07. The second-order valence-corrected chi connectivity index (χ2v) is 8.66. The molecule has 3 amide bonds. The van der Waals surface area contributed by atoms with Gasteiger partial charge in [-0.3, -0.25) is 14.4 Å². The second kappa shape index (κ2) is 8.69. The van der Waals surface area contributed by atoms with Crippen molar-refractivity contribution in [3.05, 3.63) is 59.7 Å². The van der Waals surface area contributed by atoms with Gasteiger partial charge in [-0.15, -0.1) is 0 Å². The van der Waals surface area contributed by atoms with Crippen molar-refractivity contribution in [2.45, 2.75) is 46.1 Å². The van der Waals surface area contributed by atoms with Gasteiger partial charge >= 0.3 is 0 Å². The zero-order valence-corrected chi connectivity index (χ0v) is 18.0. The first-order valence-electron chi connectivity index (χ1n) is 10.3. The molecular formula is C24H29N3O3. The smallest absolute Gasteiger partial charge is 0.253 e. The van der Waals surface area contributed by atoms with Gasteiger partial charge in [0.05, 0.1) is 17.2 Å². The number of nitrogens with one attached hydrogen (secondary N) is 2. The molecule has 30 heavy (non-hydrogen) atoms. The molecule has 0 radical (unpaired) electrons. The molecule has 2 N–H and O–H groups in total. The number of anilines is 2. The summed E-state index contributed by atoms with van der Waals surface area (Å²) in [7, 11) is 0. The molecule has 1 aliphatic heterocycles. The number of hydrogen-bond donors (Lipinski definition) is 2.